The van der Waals surface area contributed by atoms with Crippen LogP contribution in [0.2, 0.25) is 5.02 Å². The molecule has 0 aromatic heterocycles. The van der Waals surface area contributed by atoms with Crippen LogP contribution in [0.4, 0.5) is 0 Å². The van der Waals surface area contributed by atoms with Gasteiger partial charge in [-0.3, -0.25) is 0 Å². The normalized spacial score (nSPS) is 12.4. The van der Waals surface area contributed by atoms with E-state index in [1.807, 2.05) is 12.1 Å². The third-order valence-electron chi connectivity index (χ3n) is 3.33. The number of hydrogen-bond acceptors (Lipinski definition) is 1. The van der Waals surface area contributed by atoms with Crippen molar-refractivity contribution in [3.8, 4) is 0 Å². The highest BCUT2D eigenvalue weighted by molar-refractivity contribution is 9.10. The quantitative estimate of drug-likeness (QED) is 0.579. The minimum absolute atomic E-state index is 0.228. The number of halogens is 3. The highest BCUT2D eigenvalue weighted by Gasteiger charge is 2.15. The van der Waals surface area contributed by atoms with E-state index in [0.29, 0.717) is 0 Å². The summed E-state index contributed by atoms with van der Waals surface area (Å²) in [5, 5.41) is 4.40. The second-order valence-electron chi connectivity index (χ2n) is 5.00. The standard InChI is InChI=1S/C17H18Br2ClN/c1-2-9-21-17(10-12-3-5-13(18)6-4-12)15-8-7-14(19)11-16(15)20/h3-8,11,17,21H,2,9-10H2,1H3. The Kier molecular flexibility index (Phi) is 6.74. The molecule has 0 heterocycles. The van der Waals surface area contributed by atoms with Crippen LogP contribution >= 0.6 is 43.5 Å². The van der Waals surface area contributed by atoms with Crippen LogP contribution in [0.25, 0.3) is 0 Å². The first-order valence-corrected chi connectivity index (χ1v) is 8.99. The molecule has 0 saturated heterocycles. The molecule has 0 radical (unpaired) electrons. The molecular weight excluding hydrogens is 413 g/mol. The van der Waals surface area contributed by atoms with Gasteiger partial charge < -0.3 is 5.32 Å². The molecule has 4 heteroatoms. The van der Waals surface area contributed by atoms with Crippen molar-refractivity contribution < 1.29 is 0 Å². The zero-order chi connectivity index (χ0) is 15.2. The van der Waals surface area contributed by atoms with Gasteiger partial charge in [0, 0.05) is 20.0 Å². The van der Waals surface area contributed by atoms with Crippen LogP contribution in [0, 0.1) is 0 Å². The lowest BCUT2D eigenvalue weighted by Gasteiger charge is -2.20. The lowest BCUT2D eigenvalue weighted by molar-refractivity contribution is 0.529. The smallest absolute Gasteiger partial charge is 0.0465 e. The van der Waals surface area contributed by atoms with Crippen molar-refractivity contribution >= 4 is 43.5 Å². The lowest BCUT2D eigenvalue weighted by atomic mass is 9.98. The Hall–Kier alpha value is -0.350. The molecule has 1 nitrogen and oxygen atoms in total. The average Bonchev–Trinajstić information content (AvgIpc) is 2.46. The summed E-state index contributed by atoms with van der Waals surface area (Å²) in [7, 11) is 0. The Labute approximate surface area is 148 Å². The first-order valence-electron chi connectivity index (χ1n) is 7.03. The summed E-state index contributed by atoms with van der Waals surface area (Å²) in [6.07, 6.45) is 2.03. The van der Waals surface area contributed by atoms with E-state index in [-0.39, 0.29) is 6.04 Å². The number of hydrogen-bond donors (Lipinski definition) is 1. The van der Waals surface area contributed by atoms with E-state index in [4.69, 9.17) is 11.6 Å². The number of benzene rings is 2. The molecule has 1 unspecified atom stereocenters. The zero-order valence-electron chi connectivity index (χ0n) is 11.9. The van der Waals surface area contributed by atoms with Crippen LogP contribution in [0.5, 0.6) is 0 Å². The molecule has 0 aliphatic heterocycles. The highest BCUT2D eigenvalue weighted by Crippen LogP contribution is 2.29. The highest BCUT2D eigenvalue weighted by atomic mass is 79.9. The van der Waals surface area contributed by atoms with Gasteiger partial charge in [0.05, 0.1) is 0 Å². The van der Waals surface area contributed by atoms with E-state index < -0.39 is 0 Å². The first-order chi connectivity index (χ1) is 10.1. The Morgan fingerprint density at radius 3 is 2.33 bits per heavy atom. The summed E-state index contributed by atoms with van der Waals surface area (Å²) in [6, 6.07) is 14.8. The number of nitrogens with one attached hydrogen (secondary N) is 1. The van der Waals surface area contributed by atoms with E-state index in [0.717, 1.165) is 38.9 Å². The van der Waals surface area contributed by atoms with Crippen molar-refractivity contribution in [1.29, 1.82) is 0 Å². The van der Waals surface area contributed by atoms with E-state index in [1.165, 1.54) is 5.56 Å². The van der Waals surface area contributed by atoms with Crippen LogP contribution < -0.4 is 5.32 Å². The third kappa shape index (κ3) is 5.10. The summed E-state index contributed by atoms with van der Waals surface area (Å²) in [4.78, 5) is 0. The van der Waals surface area contributed by atoms with Gasteiger partial charge in [0.2, 0.25) is 0 Å². The van der Waals surface area contributed by atoms with Gasteiger partial charge in [-0.2, -0.15) is 0 Å². The Morgan fingerprint density at radius 1 is 1.05 bits per heavy atom. The van der Waals surface area contributed by atoms with Crippen molar-refractivity contribution in [3.05, 3.63) is 67.6 Å². The largest absolute Gasteiger partial charge is 0.310 e. The molecule has 0 bridgehead atoms. The topological polar surface area (TPSA) is 12.0 Å². The molecule has 1 N–H and O–H groups in total. The summed E-state index contributed by atoms with van der Waals surface area (Å²) < 4.78 is 2.11. The van der Waals surface area contributed by atoms with Crippen LogP contribution in [0.1, 0.15) is 30.5 Å². The van der Waals surface area contributed by atoms with Crippen LogP contribution in [-0.2, 0) is 6.42 Å². The maximum absolute atomic E-state index is 6.42. The predicted octanol–water partition coefficient (Wildman–Crippen LogP) is 6.15. The zero-order valence-corrected chi connectivity index (χ0v) is 15.8. The molecule has 21 heavy (non-hydrogen) atoms. The van der Waals surface area contributed by atoms with Crippen LogP contribution in [0.3, 0.4) is 0 Å². The average molecular weight is 432 g/mol. The van der Waals surface area contributed by atoms with E-state index in [9.17, 15) is 0 Å². The predicted molar refractivity (Wildman–Crippen MR) is 98.0 cm³/mol. The fourth-order valence-corrected chi connectivity index (χ4v) is 3.32. The molecule has 2 aromatic carbocycles. The van der Waals surface area contributed by atoms with Crippen molar-refractivity contribution in [1.82, 2.24) is 5.32 Å². The molecule has 0 amide bonds. The molecule has 0 aliphatic rings. The molecule has 0 fully saturated rings. The van der Waals surface area contributed by atoms with E-state index in [1.54, 1.807) is 0 Å². The van der Waals surface area contributed by atoms with Gasteiger partial charge in [0.25, 0.3) is 0 Å². The minimum atomic E-state index is 0.228. The van der Waals surface area contributed by atoms with E-state index >= 15 is 0 Å². The maximum atomic E-state index is 6.42. The second kappa shape index (κ2) is 8.33. The van der Waals surface area contributed by atoms with Crippen molar-refractivity contribution in [2.45, 2.75) is 25.8 Å². The fourth-order valence-electron chi connectivity index (χ4n) is 2.25. The fraction of sp³-hybridized carbons (Fsp3) is 0.294. The molecule has 2 aromatic rings. The number of rotatable bonds is 6. The molecule has 112 valence electrons. The van der Waals surface area contributed by atoms with Crippen molar-refractivity contribution in [2.24, 2.45) is 0 Å². The van der Waals surface area contributed by atoms with Crippen LogP contribution in [0.15, 0.2) is 51.4 Å². The summed E-state index contributed by atoms with van der Waals surface area (Å²) in [5.74, 6) is 0. The lowest BCUT2D eigenvalue weighted by Crippen LogP contribution is -2.24. The maximum Gasteiger partial charge on any atom is 0.0465 e. The van der Waals surface area contributed by atoms with Gasteiger partial charge in [-0.15, -0.1) is 0 Å². The Bertz CT molecular complexity index is 584. The molecule has 0 aliphatic carbocycles. The third-order valence-corrected chi connectivity index (χ3v) is 4.68. The van der Waals surface area contributed by atoms with Gasteiger partial charge in [-0.25, -0.2) is 0 Å². The molecular formula is C17H18Br2ClN. The Balaban J connectivity index is 2.22. The van der Waals surface area contributed by atoms with E-state index in [2.05, 4.69) is 74.4 Å². The van der Waals surface area contributed by atoms with Gasteiger partial charge in [0.1, 0.15) is 0 Å². The molecule has 2 rings (SSSR count). The SMILES string of the molecule is CCCNC(Cc1ccc(Br)cc1)c1ccc(Br)cc1Cl. The second-order valence-corrected chi connectivity index (χ2v) is 7.24. The van der Waals surface area contributed by atoms with Gasteiger partial charge in [0.15, 0.2) is 0 Å². The van der Waals surface area contributed by atoms with Crippen molar-refractivity contribution in [3.63, 3.8) is 0 Å². The molecule has 0 spiro atoms. The van der Waals surface area contributed by atoms with Gasteiger partial charge in [-0.05, 0) is 54.8 Å². The van der Waals surface area contributed by atoms with Crippen molar-refractivity contribution in [2.75, 3.05) is 6.54 Å². The summed E-state index contributed by atoms with van der Waals surface area (Å²) in [5.41, 5.74) is 2.45. The minimum Gasteiger partial charge on any atom is -0.310 e. The molecule has 1 atom stereocenters. The monoisotopic (exact) mass is 429 g/mol. The van der Waals surface area contributed by atoms with Gasteiger partial charge >= 0.3 is 0 Å². The summed E-state index contributed by atoms with van der Waals surface area (Å²) >= 11 is 13.4. The first kappa shape index (κ1) is 17.0. The Morgan fingerprint density at radius 2 is 1.71 bits per heavy atom. The molecule has 0 saturated carbocycles. The summed E-state index contributed by atoms with van der Waals surface area (Å²) in [6.45, 7) is 3.15. The van der Waals surface area contributed by atoms with Crippen LogP contribution in [-0.4, -0.2) is 6.54 Å². The van der Waals surface area contributed by atoms with Gasteiger partial charge in [-0.1, -0.05) is 68.6 Å².